The lowest BCUT2D eigenvalue weighted by atomic mass is 10.1. The Morgan fingerprint density at radius 1 is 1.06 bits per heavy atom. The van der Waals surface area contributed by atoms with Crippen molar-refractivity contribution < 1.29 is 24.2 Å². The minimum absolute atomic E-state index is 0.0802. The highest BCUT2D eigenvalue weighted by molar-refractivity contribution is 5.93. The van der Waals surface area contributed by atoms with Crippen LogP contribution in [-0.4, -0.2) is 55.9 Å². The third kappa shape index (κ3) is 6.83. The maximum absolute atomic E-state index is 13.3. The van der Waals surface area contributed by atoms with Crippen LogP contribution in [0.5, 0.6) is 5.75 Å². The Morgan fingerprint density at radius 2 is 1.80 bits per heavy atom. The molecule has 1 aliphatic heterocycles. The van der Waals surface area contributed by atoms with E-state index in [1.807, 2.05) is 48.5 Å². The van der Waals surface area contributed by atoms with Gasteiger partial charge in [0.2, 0.25) is 6.61 Å². The number of hydrogen-bond donors (Lipinski definition) is 2. The topological polar surface area (TPSA) is 84.9 Å². The number of carbonyl (C=O) groups is 2. The normalized spacial score (nSPS) is 17.9. The number of nitrogens with zero attached hydrogens (tertiary/aromatic N) is 1. The van der Waals surface area contributed by atoms with Gasteiger partial charge >= 0.3 is 11.9 Å². The molecule has 35 heavy (non-hydrogen) atoms. The van der Waals surface area contributed by atoms with Gasteiger partial charge in [0, 0.05) is 24.8 Å². The summed E-state index contributed by atoms with van der Waals surface area (Å²) in [4.78, 5) is 24.9. The van der Waals surface area contributed by atoms with Gasteiger partial charge in [-0.1, -0.05) is 56.5 Å². The summed E-state index contributed by atoms with van der Waals surface area (Å²) in [7, 11) is 0. The van der Waals surface area contributed by atoms with Crippen molar-refractivity contribution in [1.29, 1.82) is 0 Å². The van der Waals surface area contributed by atoms with Crippen molar-refractivity contribution in [2.75, 3.05) is 38.2 Å². The van der Waals surface area contributed by atoms with Gasteiger partial charge < -0.3 is 19.9 Å². The first-order valence-electron chi connectivity index (χ1n) is 12.8. The standard InChI is InChI=1S/C28H38N2O5/c1-3-5-6-7-12-18-30(24-15-10-11-16-25(24)35-21-27(30)31)19-17-29-23-14-9-8-13-22(23)20-26(28(32)33)34-4-2/h8-11,13-16,26,29H,3-7,12,17-21H2,1-2H3/p+1. The van der Waals surface area contributed by atoms with Crippen LogP contribution >= 0.6 is 0 Å². The van der Waals surface area contributed by atoms with Crippen LogP contribution in [0.3, 0.4) is 0 Å². The van der Waals surface area contributed by atoms with Crippen molar-refractivity contribution in [2.45, 2.75) is 58.5 Å². The number of fused-ring (bicyclic) bond motifs is 1. The lowest BCUT2D eigenvalue weighted by Crippen LogP contribution is -2.60. The fraction of sp³-hybridized carbons (Fsp3) is 0.500. The Kier molecular flexibility index (Phi) is 10.1. The summed E-state index contributed by atoms with van der Waals surface area (Å²) in [5, 5.41) is 13.0. The van der Waals surface area contributed by atoms with Crippen LogP contribution in [0.15, 0.2) is 48.5 Å². The van der Waals surface area contributed by atoms with Gasteiger partial charge in [0.15, 0.2) is 17.5 Å². The van der Waals surface area contributed by atoms with Crippen LogP contribution in [-0.2, 0) is 20.7 Å². The lowest BCUT2D eigenvalue weighted by molar-refractivity contribution is -0.150. The van der Waals surface area contributed by atoms with E-state index in [2.05, 4.69) is 12.2 Å². The van der Waals surface area contributed by atoms with Gasteiger partial charge in [-0.2, -0.15) is 0 Å². The first-order valence-corrected chi connectivity index (χ1v) is 12.8. The predicted molar refractivity (Wildman–Crippen MR) is 139 cm³/mol. The molecule has 0 saturated carbocycles. The van der Waals surface area contributed by atoms with Crippen molar-refractivity contribution >= 4 is 23.3 Å². The summed E-state index contributed by atoms with van der Waals surface area (Å²) in [6.07, 6.45) is 5.05. The SMILES string of the molecule is CCCCCCC[N+]1(CCNc2ccccc2CC(OCC)C(=O)O)C(=O)COc2ccccc21. The molecule has 0 saturated heterocycles. The molecule has 2 aromatic rings. The molecule has 1 amide bonds. The zero-order valence-electron chi connectivity index (χ0n) is 21.0. The van der Waals surface area contributed by atoms with Crippen LogP contribution in [0, 0.1) is 0 Å². The van der Waals surface area contributed by atoms with Crippen molar-refractivity contribution in [1.82, 2.24) is 4.48 Å². The molecule has 2 N–H and O–H groups in total. The quantitative estimate of drug-likeness (QED) is 0.273. The fourth-order valence-electron chi connectivity index (χ4n) is 4.79. The summed E-state index contributed by atoms with van der Waals surface area (Å²) in [5.74, 6) is -0.108. The van der Waals surface area contributed by atoms with Gasteiger partial charge in [-0.05, 0) is 37.5 Å². The van der Waals surface area contributed by atoms with Crippen LogP contribution in [0.2, 0.25) is 0 Å². The molecule has 1 heterocycles. The number of benzene rings is 2. The van der Waals surface area contributed by atoms with Gasteiger partial charge in [0.05, 0.1) is 13.1 Å². The van der Waals surface area contributed by atoms with E-state index in [0.717, 1.165) is 42.1 Å². The van der Waals surface area contributed by atoms with Gasteiger partial charge in [-0.25, -0.2) is 14.1 Å². The summed E-state index contributed by atoms with van der Waals surface area (Å²) < 4.78 is 11.4. The number of aliphatic carboxylic acids is 1. The first kappa shape index (κ1) is 26.7. The lowest BCUT2D eigenvalue weighted by Gasteiger charge is -2.39. The first-order chi connectivity index (χ1) is 17.0. The molecule has 1 aliphatic rings. The number of amides is 1. The maximum Gasteiger partial charge on any atom is 0.356 e. The molecule has 190 valence electrons. The minimum Gasteiger partial charge on any atom is -0.479 e. The van der Waals surface area contributed by atoms with E-state index in [0.29, 0.717) is 19.7 Å². The molecule has 0 aromatic heterocycles. The molecular weight excluding hydrogens is 444 g/mol. The van der Waals surface area contributed by atoms with E-state index >= 15 is 0 Å². The highest BCUT2D eigenvalue weighted by atomic mass is 16.5. The molecule has 0 radical (unpaired) electrons. The van der Waals surface area contributed by atoms with Crippen molar-refractivity contribution in [3.8, 4) is 5.75 Å². The fourth-order valence-corrected chi connectivity index (χ4v) is 4.79. The molecule has 7 heteroatoms. The van der Waals surface area contributed by atoms with E-state index in [1.165, 1.54) is 19.3 Å². The summed E-state index contributed by atoms with van der Waals surface area (Å²) in [6.45, 7) is 6.33. The number of anilines is 1. The Labute approximate surface area is 208 Å². The van der Waals surface area contributed by atoms with Crippen molar-refractivity contribution in [2.24, 2.45) is 0 Å². The summed E-state index contributed by atoms with van der Waals surface area (Å²) in [6, 6.07) is 15.5. The van der Waals surface area contributed by atoms with Gasteiger partial charge in [-0.15, -0.1) is 0 Å². The number of carboxylic acid groups (broad SMARTS) is 1. The molecule has 0 bridgehead atoms. The Morgan fingerprint density at radius 3 is 2.57 bits per heavy atom. The monoisotopic (exact) mass is 483 g/mol. The second-order valence-corrected chi connectivity index (χ2v) is 9.05. The summed E-state index contributed by atoms with van der Waals surface area (Å²) in [5.41, 5.74) is 2.68. The van der Waals surface area contributed by atoms with Gasteiger partial charge in [0.25, 0.3) is 0 Å². The smallest absolute Gasteiger partial charge is 0.356 e. The molecule has 0 fully saturated rings. The number of quaternary nitrogens is 1. The number of carbonyl (C=O) groups excluding carboxylic acids is 1. The highest BCUT2D eigenvalue weighted by Crippen LogP contribution is 2.38. The van der Waals surface area contributed by atoms with E-state index in [1.54, 1.807) is 6.92 Å². The Hall–Kier alpha value is -2.90. The third-order valence-corrected chi connectivity index (χ3v) is 6.67. The molecular formula is C28H39N2O5+. The predicted octanol–water partition coefficient (Wildman–Crippen LogP) is 5.03. The minimum atomic E-state index is -0.968. The maximum atomic E-state index is 13.3. The average Bonchev–Trinajstić information content (AvgIpc) is 2.86. The summed E-state index contributed by atoms with van der Waals surface area (Å²) >= 11 is 0. The number of carboxylic acids is 1. The zero-order chi connectivity index (χ0) is 25.1. The van der Waals surface area contributed by atoms with Crippen molar-refractivity contribution in [3.63, 3.8) is 0 Å². The second kappa shape index (κ2) is 13.3. The Balaban J connectivity index is 1.76. The van der Waals surface area contributed by atoms with Gasteiger partial charge in [0.1, 0.15) is 6.54 Å². The van der Waals surface area contributed by atoms with Crippen molar-refractivity contribution in [3.05, 3.63) is 54.1 Å². The molecule has 7 nitrogen and oxygen atoms in total. The largest absolute Gasteiger partial charge is 0.479 e. The molecule has 2 unspecified atom stereocenters. The number of hydrogen-bond acceptors (Lipinski definition) is 5. The van der Waals surface area contributed by atoms with E-state index in [-0.39, 0.29) is 23.4 Å². The van der Waals surface area contributed by atoms with Gasteiger partial charge in [-0.3, -0.25) is 0 Å². The second-order valence-electron chi connectivity index (χ2n) is 9.05. The van der Waals surface area contributed by atoms with E-state index in [4.69, 9.17) is 9.47 Å². The molecule has 0 spiro atoms. The average molecular weight is 484 g/mol. The highest BCUT2D eigenvalue weighted by Gasteiger charge is 2.44. The van der Waals surface area contributed by atoms with E-state index in [9.17, 15) is 14.7 Å². The number of para-hydroxylation sites is 3. The molecule has 0 aliphatic carbocycles. The van der Waals surface area contributed by atoms with Crippen LogP contribution in [0.1, 0.15) is 51.5 Å². The molecule has 2 atom stereocenters. The number of nitrogens with one attached hydrogen (secondary N) is 1. The Bertz CT molecular complexity index is 979. The van der Waals surface area contributed by atoms with Crippen LogP contribution < -0.4 is 14.5 Å². The number of ether oxygens (including phenoxy) is 2. The number of unbranched alkanes of at least 4 members (excludes halogenated alkanes) is 4. The van der Waals surface area contributed by atoms with Crippen LogP contribution in [0.4, 0.5) is 11.4 Å². The molecule has 2 aromatic carbocycles. The third-order valence-electron chi connectivity index (χ3n) is 6.67. The zero-order valence-corrected chi connectivity index (χ0v) is 21.0. The number of rotatable bonds is 15. The van der Waals surface area contributed by atoms with Crippen LogP contribution in [0.25, 0.3) is 0 Å². The molecule has 3 rings (SSSR count). The van der Waals surface area contributed by atoms with E-state index < -0.39 is 12.1 Å².